The Bertz CT molecular complexity index is 780. The van der Waals surface area contributed by atoms with Crippen LogP contribution in [0.2, 0.25) is 5.02 Å². The third kappa shape index (κ3) is 3.02. The van der Waals surface area contributed by atoms with Gasteiger partial charge in [-0.2, -0.15) is 5.26 Å². The van der Waals surface area contributed by atoms with Crippen molar-refractivity contribution in [2.45, 2.75) is 4.90 Å². The van der Waals surface area contributed by atoms with Crippen LogP contribution < -0.4 is 4.72 Å². The number of sulfonamides is 1. The maximum absolute atomic E-state index is 12.1. The first-order valence-corrected chi connectivity index (χ1v) is 7.30. The number of phenols is 1. The molecule has 0 aliphatic rings. The molecular formula is C13H9ClN2O3S. The molecule has 5 nitrogen and oxygen atoms in total. The van der Waals surface area contributed by atoms with Crippen molar-refractivity contribution in [1.82, 2.24) is 0 Å². The van der Waals surface area contributed by atoms with Gasteiger partial charge in [-0.25, -0.2) is 8.42 Å². The van der Waals surface area contributed by atoms with Crippen molar-refractivity contribution in [1.29, 1.82) is 5.26 Å². The summed E-state index contributed by atoms with van der Waals surface area (Å²) in [6.45, 7) is 0. The highest BCUT2D eigenvalue weighted by Gasteiger charge is 2.14. The molecule has 2 rings (SSSR count). The van der Waals surface area contributed by atoms with E-state index < -0.39 is 10.0 Å². The van der Waals surface area contributed by atoms with E-state index in [1.165, 1.54) is 42.5 Å². The van der Waals surface area contributed by atoms with Gasteiger partial charge in [0.05, 0.1) is 27.2 Å². The second kappa shape index (κ2) is 5.41. The van der Waals surface area contributed by atoms with Crippen LogP contribution in [0.1, 0.15) is 5.56 Å². The van der Waals surface area contributed by atoms with Crippen LogP contribution in [0, 0.1) is 11.3 Å². The fourth-order valence-electron chi connectivity index (χ4n) is 1.49. The number of benzene rings is 2. The molecule has 102 valence electrons. The van der Waals surface area contributed by atoms with Crippen molar-refractivity contribution in [2.24, 2.45) is 0 Å². The predicted molar refractivity (Wildman–Crippen MR) is 75.1 cm³/mol. The number of aromatic hydroxyl groups is 1. The Balaban J connectivity index is 2.30. The van der Waals surface area contributed by atoms with Crippen molar-refractivity contribution < 1.29 is 13.5 Å². The zero-order valence-electron chi connectivity index (χ0n) is 10.0. The second-order valence-corrected chi connectivity index (χ2v) is 6.00. The lowest BCUT2D eigenvalue weighted by Crippen LogP contribution is -2.12. The molecule has 0 saturated carbocycles. The van der Waals surface area contributed by atoms with Crippen LogP contribution in [-0.2, 0) is 10.0 Å². The molecule has 2 aromatic carbocycles. The van der Waals surface area contributed by atoms with E-state index in [1.807, 2.05) is 6.07 Å². The third-order valence-corrected chi connectivity index (χ3v) is 4.19. The summed E-state index contributed by atoms with van der Waals surface area (Å²) >= 11 is 5.71. The van der Waals surface area contributed by atoms with Gasteiger partial charge < -0.3 is 5.11 Å². The highest BCUT2D eigenvalue weighted by atomic mass is 35.5. The summed E-state index contributed by atoms with van der Waals surface area (Å²) in [6, 6.07) is 11.4. The van der Waals surface area contributed by atoms with Crippen LogP contribution in [0.5, 0.6) is 5.75 Å². The highest BCUT2D eigenvalue weighted by Crippen LogP contribution is 2.27. The fourth-order valence-corrected chi connectivity index (χ4v) is 2.72. The van der Waals surface area contributed by atoms with Crippen LogP contribution >= 0.6 is 11.6 Å². The molecule has 0 unspecified atom stereocenters. The average molecular weight is 309 g/mol. The zero-order chi connectivity index (χ0) is 14.8. The van der Waals surface area contributed by atoms with Crippen molar-refractivity contribution >= 4 is 27.3 Å². The number of nitrogens with one attached hydrogen (secondary N) is 1. The molecule has 0 fully saturated rings. The van der Waals surface area contributed by atoms with E-state index in [2.05, 4.69) is 4.72 Å². The molecule has 0 heterocycles. The number of nitrogens with zero attached hydrogens (tertiary/aromatic N) is 1. The Hall–Kier alpha value is -2.23. The smallest absolute Gasteiger partial charge is 0.261 e. The van der Waals surface area contributed by atoms with Gasteiger partial charge in [0.1, 0.15) is 5.75 Å². The van der Waals surface area contributed by atoms with Crippen LogP contribution in [0.3, 0.4) is 0 Å². The van der Waals surface area contributed by atoms with Crippen molar-refractivity contribution in [3.05, 3.63) is 53.1 Å². The van der Waals surface area contributed by atoms with Crippen molar-refractivity contribution in [2.75, 3.05) is 4.72 Å². The number of rotatable bonds is 3. The summed E-state index contributed by atoms with van der Waals surface area (Å²) in [5, 5.41) is 18.0. The number of phenolic OH excluding ortho intramolecular Hbond substituents is 1. The van der Waals surface area contributed by atoms with Crippen LogP contribution in [-0.4, -0.2) is 13.5 Å². The lowest BCUT2D eigenvalue weighted by atomic mass is 10.2. The predicted octanol–water partition coefficient (Wildman–Crippen LogP) is 2.72. The Labute approximate surface area is 121 Å². The van der Waals surface area contributed by atoms with Gasteiger partial charge in [-0.15, -0.1) is 0 Å². The van der Waals surface area contributed by atoms with Crippen molar-refractivity contribution in [3.63, 3.8) is 0 Å². The molecule has 0 atom stereocenters. The largest absolute Gasteiger partial charge is 0.506 e. The first-order valence-electron chi connectivity index (χ1n) is 5.44. The second-order valence-electron chi connectivity index (χ2n) is 3.91. The third-order valence-electron chi connectivity index (χ3n) is 2.49. The zero-order valence-corrected chi connectivity index (χ0v) is 11.6. The SMILES string of the molecule is N#Cc1ccc(S(=O)(=O)Nc2ccc(O)c(Cl)c2)cc1. The van der Waals surface area contributed by atoms with E-state index in [0.717, 1.165) is 0 Å². The minimum absolute atomic E-state index is 0.0284. The summed E-state index contributed by atoms with van der Waals surface area (Å²) < 4.78 is 26.5. The Morgan fingerprint density at radius 3 is 2.35 bits per heavy atom. The quantitative estimate of drug-likeness (QED) is 0.853. The van der Waals surface area contributed by atoms with Crippen LogP contribution in [0.15, 0.2) is 47.4 Å². The van der Waals surface area contributed by atoms with E-state index in [0.29, 0.717) is 5.56 Å². The number of hydrogen-bond acceptors (Lipinski definition) is 4. The van der Waals surface area contributed by atoms with Gasteiger partial charge in [0.2, 0.25) is 0 Å². The lowest BCUT2D eigenvalue weighted by molar-refractivity contribution is 0.475. The minimum atomic E-state index is -3.77. The molecule has 0 aromatic heterocycles. The Kier molecular flexibility index (Phi) is 3.84. The number of anilines is 1. The van der Waals surface area contributed by atoms with E-state index >= 15 is 0 Å². The topological polar surface area (TPSA) is 90.2 Å². The Morgan fingerprint density at radius 1 is 1.15 bits per heavy atom. The number of nitriles is 1. The number of hydrogen-bond donors (Lipinski definition) is 2. The molecule has 7 heteroatoms. The van der Waals surface area contributed by atoms with Crippen LogP contribution in [0.25, 0.3) is 0 Å². The van der Waals surface area contributed by atoms with Gasteiger partial charge >= 0.3 is 0 Å². The standard InChI is InChI=1S/C13H9ClN2O3S/c14-12-7-10(3-6-13(12)17)16-20(18,19)11-4-1-9(8-15)2-5-11/h1-7,16-17H. The minimum Gasteiger partial charge on any atom is -0.506 e. The molecular weight excluding hydrogens is 300 g/mol. The summed E-state index contributed by atoms with van der Waals surface area (Å²) in [5.41, 5.74) is 0.605. The van der Waals surface area contributed by atoms with Gasteiger partial charge in [-0.1, -0.05) is 11.6 Å². The van der Waals surface area contributed by atoms with E-state index in [4.69, 9.17) is 16.9 Å². The van der Waals surface area contributed by atoms with E-state index in [9.17, 15) is 13.5 Å². The monoisotopic (exact) mass is 308 g/mol. The lowest BCUT2D eigenvalue weighted by Gasteiger charge is -2.08. The van der Waals surface area contributed by atoms with Gasteiger partial charge in [0.15, 0.2) is 0 Å². The molecule has 0 bridgehead atoms. The molecule has 0 saturated heterocycles. The molecule has 0 aliphatic heterocycles. The van der Waals surface area contributed by atoms with E-state index in [1.54, 1.807) is 0 Å². The van der Waals surface area contributed by atoms with E-state index in [-0.39, 0.29) is 21.4 Å². The highest BCUT2D eigenvalue weighted by molar-refractivity contribution is 7.92. The fraction of sp³-hybridized carbons (Fsp3) is 0. The molecule has 20 heavy (non-hydrogen) atoms. The van der Waals surface area contributed by atoms with Gasteiger partial charge in [0.25, 0.3) is 10.0 Å². The summed E-state index contributed by atoms with van der Waals surface area (Å²) in [6.07, 6.45) is 0. The maximum atomic E-state index is 12.1. The first kappa shape index (κ1) is 14.2. The van der Waals surface area contributed by atoms with Crippen LogP contribution in [0.4, 0.5) is 5.69 Å². The summed E-state index contributed by atoms with van der Waals surface area (Å²) in [5.74, 6) is -0.131. The summed E-state index contributed by atoms with van der Waals surface area (Å²) in [4.78, 5) is 0.0284. The molecule has 0 radical (unpaired) electrons. The molecule has 0 aliphatic carbocycles. The van der Waals surface area contributed by atoms with Gasteiger partial charge in [0, 0.05) is 0 Å². The van der Waals surface area contributed by atoms with Gasteiger partial charge in [-0.3, -0.25) is 4.72 Å². The molecule has 2 N–H and O–H groups in total. The Morgan fingerprint density at radius 2 is 1.80 bits per heavy atom. The normalized spacial score (nSPS) is 10.8. The average Bonchev–Trinajstić information content (AvgIpc) is 2.43. The molecule has 0 amide bonds. The van der Waals surface area contributed by atoms with Crippen molar-refractivity contribution in [3.8, 4) is 11.8 Å². The summed E-state index contributed by atoms with van der Waals surface area (Å²) in [7, 11) is -3.77. The maximum Gasteiger partial charge on any atom is 0.261 e. The number of halogens is 1. The molecule has 2 aromatic rings. The molecule has 0 spiro atoms. The van der Waals surface area contributed by atoms with Gasteiger partial charge in [-0.05, 0) is 42.5 Å². The first-order chi connectivity index (χ1) is 9.42.